The lowest BCUT2D eigenvalue weighted by Gasteiger charge is -2.19. The molecular formula is C20H24BrNO3. The second-order valence-electron chi connectivity index (χ2n) is 6.01. The van der Waals surface area contributed by atoms with Gasteiger partial charge in [-0.05, 0) is 68.7 Å². The van der Waals surface area contributed by atoms with Crippen LogP contribution < -0.4 is 14.8 Å². The van der Waals surface area contributed by atoms with Crippen molar-refractivity contribution in [2.24, 2.45) is 0 Å². The summed E-state index contributed by atoms with van der Waals surface area (Å²) in [5, 5.41) is 3.01. The van der Waals surface area contributed by atoms with Crippen LogP contribution in [0.15, 0.2) is 53.0 Å². The van der Waals surface area contributed by atoms with Gasteiger partial charge in [-0.1, -0.05) is 28.1 Å². The third-order valence-electron chi connectivity index (χ3n) is 3.91. The Bertz CT molecular complexity index is 670. The fraction of sp³-hybridized carbons (Fsp3) is 0.350. The zero-order valence-corrected chi connectivity index (χ0v) is 16.4. The Kier molecular flexibility index (Phi) is 7.31. The molecule has 0 aliphatic carbocycles. The minimum absolute atomic E-state index is 0.0746. The van der Waals surface area contributed by atoms with Crippen LogP contribution in [0.1, 0.15) is 25.8 Å². The summed E-state index contributed by atoms with van der Waals surface area (Å²) in [5.41, 5.74) is 1.22. The van der Waals surface area contributed by atoms with E-state index in [9.17, 15) is 4.79 Å². The molecule has 0 saturated heterocycles. The summed E-state index contributed by atoms with van der Waals surface area (Å²) >= 11 is 3.38. The number of methoxy groups -OCH3 is 1. The van der Waals surface area contributed by atoms with Crippen molar-refractivity contribution >= 4 is 21.8 Å². The van der Waals surface area contributed by atoms with Crippen LogP contribution in [0.5, 0.6) is 11.5 Å². The Balaban J connectivity index is 1.77. The molecule has 2 aromatic rings. The molecule has 0 heterocycles. The van der Waals surface area contributed by atoms with E-state index >= 15 is 0 Å². The first-order chi connectivity index (χ1) is 12.0. The van der Waals surface area contributed by atoms with E-state index in [2.05, 4.69) is 21.2 Å². The SMILES string of the molecule is COc1ccc(CCC(C)NC(=O)C(C)Oc2ccc(Br)cc2)cc1. The van der Waals surface area contributed by atoms with Gasteiger partial charge in [-0.2, -0.15) is 0 Å². The summed E-state index contributed by atoms with van der Waals surface area (Å²) in [5.74, 6) is 1.42. The molecule has 2 atom stereocenters. The first-order valence-corrected chi connectivity index (χ1v) is 9.12. The van der Waals surface area contributed by atoms with Crippen molar-refractivity contribution in [2.45, 2.75) is 38.8 Å². The highest BCUT2D eigenvalue weighted by Gasteiger charge is 2.16. The number of carbonyl (C=O) groups excluding carboxylic acids is 1. The Hall–Kier alpha value is -2.01. The predicted octanol–water partition coefficient (Wildman–Crippen LogP) is 4.36. The molecule has 0 saturated carbocycles. The van der Waals surface area contributed by atoms with Crippen LogP contribution in [0.2, 0.25) is 0 Å². The highest BCUT2D eigenvalue weighted by molar-refractivity contribution is 9.10. The number of aryl methyl sites for hydroxylation is 1. The zero-order valence-electron chi connectivity index (χ0n) is 14.8. The summed E-state index contributed by atoms with van der Waals surface area (Å²) < 4.78 is 11.8. The summed E-state index contributed by atoms with van der Waals surface area (Å²) in [7, 11) is 1.66. The number of rotatable bonds is 8. The molecule has 2 rings (SSSR count). The van der Waals surface area contributed by atoms with Crippen LogP contribution in [0.25, 0.3) is 0 Å². The number of ether oxygens (including phenoxy) is 2. The monoisotopic (exact) mass is 405 g/mol. The largest absolute Gasteiger partial charge is 0.497 e. The van der Waals surface area contributed by atoms with E-state index in [0.29, 0.717) is 5.75 Å². The number of hydrogen-bond donors (Lipinski definition) is 1. The number of nitrogens with one attached hydrogen (secondary N) is 1. The molecule has 134 valence electrons. The lowest BCUT2D eigenvalue weighted by atomic mass is 10.1. The molecule has 0 aromatic heterocycles. The molecule has 0 aliphatic heterocycles. The summed E-state index contributed by atoms with van der Waals surface area (Å²) in [6.07, 6.45) is 1.22. The van der Waals surface area contributed by atoms with Crippen LogP contribution in [0, 0.1) is 0 Å². The third-order valence-corrected chi connectivity index (χ3v) is 4.44. The molecule has 25 heavy (non-hydrogen) atoms. The molecule has 0 aliphatic rings. The number of halogens is 1. The molecule has 1 amide bonds. The molecule has 2 unspecified atom stereocenters. The highest BCUT2D eigenvalue weighted by atomic mass is 79.9. The Morgan fingerprint density at radius 2 is 1.64 bits per heavy atom. The first-order valence-electron chi connectivity index (χ1n) is 8.33. The van der Waals surface area contributed by atoms with Crippen molar-refractivity contribution in [1.29, 1.82) is 0 Å². The van der Waals surface area contributed by atoms with E-state index in [1.165, 1.54) is 5.56 Å². The maximum Gasteiger partial charge on any atom is 0.260 e. The quantitative estimate of drug-likeness (QED) is 0.709. The van der Waals surface area contributed by atoms with Gasteiger partial charge in [0.1, 0.15) is 11.5 Å². The second-order valence-corrected chi connectivity index (χ2v) is 6.93. The molecule has 5 heteroatoms. The van der Waals surface area contributed by atoms with Crippen LogP contribution in [-0.4, -0.2) is 25.2 Å². The molecule has 0 bridgehead atoms. The summed E-state index contributed by atoms with van der Waals surface area (Å²) in [4.78, 5) is 12.3. The fourth-order valence-corrected chi connectivity index (χ4v) is 2.64. The minimum atomic E-state index is -0.537. The summed E-state index contributed by atoms with van der Waals surface area (Å²) in [6, 6.07) is 15.5. The lowest BCUT2D eigenvalue weighted by molar-refractivity contribution is -0.127. The zero-order chi connectivity index (χ0) is 18.2. The van der Waals surface area contributed by atoms with Crippen molar-refractivity contribution in [3.05, 3.63) is 58.6 Å². The molecular weight excluding hydrogens is 382 g/mol. The standard InChI is InChI=1S/C20H24BrNO3/c1-14(4-5-16-6-10-18(24-3)11-7-16)22-20(23)15(2)25-19-12-8-17(21)9-13-19/h6-15H,4-5H2,1-3H3,(H,22,23). The lowest BCUT2D eigenvalue weighted by Crippen LogP contribution is -2.41. The first kappa shape index (κ1) is 19.3. The second kappa shape index (κ2) is 9.47. The Morgan fingerprint density at radius 1 is 1.04 bits per heavy atom. The smallest absolute Gasteiger partial charge is 0.260 e. The van der Waals surface area contributed by atoms with Gasteiger partial charge in [-0.3, -0.25) is 4.79 Å². The normalized spacial score (nSPS) is 13.0. The van der Waals surface area contributed by atoms with Crippen LogP contribution >= 0.6 is 15.9 Å². The average Bonchev–Trinajstić information content (AvgIpc) is 2.62. The highest BCUT2D eigenvalue weighted by Crippen LogP contribution is 2.17. The Morgan fingerprint density at radius 3 is 2.24 bits per heavy atom. The molecule has 2 aromatic carbocycles. The fourth-order valence-electron chi connectivity index (χ4n) is 2.38. The predicted molar refractivity (Wildman–Crippen MR) is 103 cm³/mol. The number of hydrogen-bond acceptors (Lipinski definition) is 3. The molecule has 0 spiro atoms. The van der Waals surface area contributed by atoms with Gasteiger partial charge in [0.05, 0.1) is 7.11 Å². The molecule has 0 fully saturated rings. The van der Waals surface area contributed by atoms with Gasteiger partial charge in [-0.15, -0.1) is 0 Å². The molecule has 4 nitrogen and oxygen atoms in total. The van der Waals surface area contributed by atoms with Crippen molar-refractivity contribution in [3.63, 3.8) is 0 Å². The average molecular weight is 406 g/mol. The Labute approximate surface area is 157 Å². The van der Waals surface area contributed by atoms with E-state index in [0.717, 1.165) is 23.1 Å². The van der Waals surface area contributed by atoms with Crippen molar-refractivity contribution in [3.8, 4) is 11.5 Å². The topological polar surface area (TPSA) is 47.6 Å². The molecule has 1 N–H and O–H groups in total. The van der Waals surface area contributed by atoms with Gasteiger partial charge in [0, 0.05) is 10.5 Å². The number of carbonyl (C=O) groups is 1. The maximum absolute atomic E-state index is 12.3. The van der Waals surface area contributed by atoms with Crippen molar-refractivity contribution < 1.29 is 14.3 Å². The number of amides is 1. The van der Waals surface area contributed by atoms with E-state index in [1.807, 2.05) is 55.5 Å². The van der Waals surface area contributed by atoms with Gasteiger partial charge in [-0.25, -0.2) is 0 Å². The summed E-state index contributed by atoms with van der Waals surface area (Å²) in [6.45, 7) is 3.77. The van der Waals surface area contributed by atoms with E-state index in [1.54, 1.807) is 14.0 Å². The van der Waals surface area contributed by atoms with Gasteiger partial charge >= 0.3 is 0 Å². The number of benzene rings is 2. The van der Waals surface area contributed by atoms with Crippen LogP contribution in [0.3, 0.4) is 0 Å². The van der Waals surface area contributed by atoms with E-state index < -0.39 is 6.10 Å². The van der Waals surface area contributed by atoms with Gasteiger partial charge < -0.3 is 14.8 Å². The van der Waals surface area contributed by atoms with Gasteiger partial charge in [0.25, 0.3) is 5.91 Å². The van der Waals surface area contributed by atoms with Gasteiger partial charge in [0.15, 0.2) is 6.10 Å². The maximum atomic E-state index is 12.3. The van der Waals surface area contributed by atoms with Crippen molar-refractivity contribution in [1.82, 2.24) is 5.32 Å². The van der Waals surface area contributed by atoms with Crippen molar-refractivity contribution in [2.75, 3.05) is 7.11 Å². The van der Waals surface area contributed by atoms with Gasteiger partial charge in [0.2, 0.25) is 0 Å². The van der Waals surface area contributed by atoms with E-state index in [4.69, 9.17) is 9.47 Å². The minimum Gasteiger partial charge on any atom is -0.497 e. The molecule has 0 radical (unpaired) electrons. The van der Waals surface area contributed by atoms with E-state index in [-0.39, 0.29) is 11.9 Å². The van der Waals surface area contributed by atoms with Crippen LogP contribution in [-0.2, 0) is 11.2 Å². The third kappa shape index (κ3) is 6.42. The van der Waals surface area contributed by atoms with Crippen LogP contribution in [0.4, 0.5) is 0 Å².